The highest BCUT2D eigenvalue weighted by Crippen LogP contribution is 2.21. The molecule has 0 heterocycles. The van der Waals surface area contributed by atoms with E-state index in [4.69, 9.17) is 5.73 Å². The van der Waals surface area contributed by atoms with E-state index in [0.29, 0.717) is 17.8 Å². The molecule has 0 aromatic heterocycles. The second kappa shape index (κ2) is 4.80. The molecule has 1 rings (SSSR count). The van der Waals surface area contributed by atoms with E-state index in [1.807, 2.05) is 25.8 Å². The van der Waals surface area contributed by atoms with Gasteiger partial charge in [0, 0.05) is 23.3 Å². The second-order valence-corrected chi connectivity index (χ2v) is 4.63. The molecule has 16 heavy (non-hydrogen) atoms. The Labute approximate surface area is 95.7 Å². The lowest BCUT2D eigenvalue weighted by Crippen LogP contribution is -2.43. The summed E-state index contributed by atoms with van der Waals surface area (Å²) >= 11 is 0. The SMILES string of the molecule is CN(Cc1c(N)cccc1F)C(C)(C)CO. The van der Waals surface area contributed by atoms with E-state index in [1.54, 1.807) is 12.1 Å². The van der Waals surface area contributed by atoms with Crippen molar-refractivity contribution >= 4 is 5.69 Å². The van der Waals surface area contributed by atoms with Crippen LogP contribution in [-0.2, 0) is 6.54 Å². The van der Waals surface area contributed by atoms with Gasteiger partial charge in [-0.3, -0.25) is 4.90 Å². The maximum absolute atomic E-state index is 13.5. The molecule has 90 valence electrons. The molecule has 0 unspecified atom stereocenters. The zero-order valence-corrected chi connectivity index (χ0v) is 10.00. The van der Waals surface area contributed by atoms with Crippen molar-refractivity contribution in [2.75, 3.05) is 19.4 Å². The Kier molecular flexibility index (Phi) is 3.88. The second-order valence-electron chi connectivity index (χ2n) is 4.63. The van der Waals surface area contributed by atoms with Crippen molar-refractivity contribution in [1.29, 1.82) is 0 Å². The standard InChI is InChI=1S/C12H19FN2O/c1-12(2,8-16)15(3)7-9-10(13)5-4-6-11(9)14/h4-6,16H,7-8,14H2,1-3H3. The van der Waals surface area contributed by atoms with E-state index >= 15 is 0 Å². The van der Waals surface area contributed by atoms with E-state index < -0.39 is 5.54 Å². The third-order valence-electron chi connectivity index (χ3n) is 2.97. The number of nitrogens with two attached hydrogens (primary N) is 1. The summed E-state index contributed by atoms with van der Waals surface area (Å²) in [6.45, 7) is 4.18. The molecular weight excluding hydrogens is 207 g/mol. The first-order valence-corrected chi connectivity index (χ1v) is 5.23. The summed E-state index contributed by atoms with van der Waals surface area (Å²) in [5, 5.41) is 9.21. The number of aliphatic hydroxyl groups excluding tert-OH is 1. The van der Waals surface area contributed by atoms with Gasteiger partial charge in [0.15, 0.2) is 0 Å². The van der Waals surface area contributed by atoms with Crippen molar-refractivity contribution in [2.45, 2.75) is 25.9 Å². The molecule has 1 aromatic carbocycles. The number of likely N-dealkylation sites (N-methyl/N-ethyl adjacent to an activating group) is 1. The van der Waals surface area contributed by atoms with Gasteiger partial charge in [0.1, 0.15) is 5.82 Å². The summed E-state index contributed by atoms with van der Waals surface area (Å²) in [6.07, 6.45) is 0. The Morgan fingerprint density at radius 1 is 1.44 bits per heavy atom. The van der Waals surface area contributed by atoms with Crippen LogP contribution in [0.3, 0.4) is 0 Å². The van der Waals surface area contributed by atoms with E-state index in [2.05, 4.69) is 0 Å². The number of nitrogen functional groups attached to an aromatic ring is 1. The maximum Gasteiger partial charge on any atom is 0.129 e. The number of benzene rings is 1. The molecule has 0 aliphatic carbocycles. The summed E-state index contributed by atoms with van der Waals surface area (Å²) < 4.78 is 13.5. The molecule has 0 amide bonds. The van der Waals surface area contributed by atoms with Crippen LogP contribution in [0.5, 0.6) is 0 Å². The maximum atomic E-state index is 13.5. The van der Waals surface area contributed by atoms with Crippen molar-refractivity contribution < 1.29 is 9.50 Å². The number of nitrogens with zero attached hydrogens (tertiary/aromatic N) is 1. The number of rotatable bonds is 4. The average molecular weight is 226 g/mol. The average Bonchev–Trinajstić information content (AvgIpc) is 2.23. The molecule has 0 saturated carbocycles. The normalized spacial score (nSPS) is 12.1. The Morgan fingerprint density at radius 2 is 2.06 bits per heavy atom. The van der Waals surface area contributed by atoms with Gasteiger partial charge in [-0.1, -0.05) is 6.07 Å². The lowest BCUT2D eigenvalue weighted by molar-refractivity contribution is 0.0727. The Bertz CT molecular complexity index is 346. The largest absolute Gasteiger partial charge is 0.398 e. The van der Waals surface area contributed by atoms with Crippen LogP contribution < -0.4 is 5.73 Å². The number of halogens is 1. The molecule has 0 aliphatic rings. The molecule has 4 heteroatoms. The van der Waals surface area contributed by atoms with Gasteiger partial charge in [0.05, 0.1) is 6.61 Å². The highest BCUT2D eigenvalue weighted by molar-refractivity contribution is 5.47. The zero-order chi connectivity index (χ0) is 12.3. The van der Waals surface area contributed by atoms with Crippen LogP contribution in [0.1, 0.15) is 19.4 Å². The van der Waals surface area contributed by atoms with Gasteiger partial charge in [-0.2, -0.15) is 0 Å². The minimum Gasteiger partial charge on any atom is -0.398 e. The van der Waals surface area contributed by atoms with E-state index in [1.165, 1.54) is 6.07 Å². The Balaban J connectivity index is 2.89. The number of anilines is 1. The van der Waals surface area contributed by atoms with Gasteiger partial charge in [0.2, 0.25) is 0 Å². The highest BCUT2D eigenvalue weighted by atomic mass is 19.1. The fourth-order valence-electron chi connectivity index (χ4n) is 1.31. The molecule has 1 aromatic rings. The van der Waals surface area contributed by atoms with Crippen molar-refractivity contribution in [3.63, 3.8) is 0 Å². The van der Waals surface area contributed by atoms with Crippen LogP contribution in [-0.4, -0.2) is 29.2 Å². The molecular formula is C12H19FN2O. The molecule has 0 aliphatic heterocycles. The Hall–Kier alpha value is -1.13. The summed E-state index contributed by atoms with van der Waals surface area (Å²) in [6, 6.07) is 4.66. The van der Waals surface area contributed by atoms with Crippen molar-refractivity contribution in [3.8, 4) is 0 Å². The molecule has 0 spiro atoms. The fourth-order valence-corrected chi connectivity index (χ4v) is 1.31. The van der Waals surface area contributed by atoms with Crippen LogP contribution in [0.25, 0.3) is 0 Å². The summed E-state index contributed by atoms with van der Waals surface area (Å²) in [7, 11) is 1.84. The quantitative estimate of drug-likeness (QED) is 0.767. The summed E-state index contributed by atoms with van der Waals surface area (Å²) in [5.41, 5.74) is 6.25. The molecule has 0 bridgehead atoms. The van der Waals surface area contributed by atoms with Crippen molar-refractivity contribution in [3.05, 3.63) is 29.6 Å². The topological polar surface area (TPSA) is 49.5 Å². The van der Waals surface area contributed by atoms with Crippen LogP contribution >= 0.6 is 0 Å². The van der Waals surface area contributed by atoms with Crippen molar-refractivity contribution in [1.82, 2.24) is 4.90 Å². The Morgan fingerprint density at radius 3 is 2.56 bits per heavy atom. The van der Waals surface area contributed by atoms with Gasteiger partial charge in [-0.25, -0.2) is 4.39 Å². The number of hydrogen-bond acceptors (Lipinski definition) is 3. The van der Waals surface area contributed by atoms with Crippen molar-refractivity contribution in [2.24, 2.45) is 0 Å². The van der Waals surface area contributed by atoms with E-state index in [-0.39, 0.29) is 12.4 Å². The van der Waals surface area contributed by atoms with Crippen LogP contribution in [0, 0.1) is 5.82 Å². The van der Waals surface area contributed by atoms with Gasteiger partial charge in [0.25, 0.3) is 0 Å². The fraction of sp³-hybridized carbons (Fsp3) is 0.500. The summed E-state index contributed by atoms with van der Waals surface area (Å²) in [4.78, 5) is 1.88. The van der Waals surface area contributed by atoms with Crippen LogP contribution in [0.4, 0.5) is 10.1 Å². The van der Waals surface area contributed by atoms with Gasteiger partial charge >= 0.3 is 0 Å². The van der Waals surface area contributed by atoms with Crippen LogP contribution in [0.15, 0.2) is 18.2 Å². The molecule has 3 nitrogen and oxygen atoms in total. The van der Waals surface area contributed by atoms with Crippen LogP contribution in [0.2, 0.25) is 0 Å². The first kappa shape index (κ1) is 12.9. The van der Waals surface area contributed by atoms with Gasteiger partial charge in [-0.15, -0.1) is 0 Å². The lowest BCUT2D eigenvalue weighted by atomic mass is 10.0. The van der Waals surface area contributed by atoms with Gasteiger partial charge < -0.3 is 10.8 Å². The number of hydrogen-bond donors (Lipinski definition) is 2. The monoisotopic (exact) mass is 226 g/mol. The smallest absolute Gasteiger partial charge is 0.129 e. The van der Waals surface area contributed by atoms with E-state index in [9.17, 15) is 9.50 Å². The molecule has 0 atom stereocenters. The highest BCUT2D eigenvalue weighted by Gasteiger charge is 2.23. The lowest BCUT2D eigenvalue weighted by Gasteiger charge is -2.34. The molecule has 0 fully saturated rings. The van der Waals surface area contributed by atoms with Gasteiger partial charge in [-0.05, 0) is 33.0 Å². The number of aliphatic hydroxyl groups is 1. The predicted molar refractivity (Wildman–Crippen MR) is 63.4 cm³/mol. The third kappa shape index (κ3) is 2.71. The zero-order valence-electron chi connectivity index (χ0n) is 10.00. The molecule has 3 N–H and O–H groups in total. The van der Waals surface area contributed by atoms with E-state index in [0.717, 1.165) is 0 Å². The molecule has 0 radical (unpaired) electrons. The first-order chi connectivity index (χ1) is 7.38. The third-order valence-corrected chi connectivity index (χ3v) is 2.97. The minimum absolute atomic E-state index is 0.0118. The predicted octanol–water partition coefficient (Wildman–Crippen LogP) is 1.61. The first-order valence-electron chi connectivity index (χ1n) is 5.23. The molecule has 0 saturated heterocycles. The summed E-state index contributed by atoms with van der Waals surface area (Å²) in [5.74, 6) is -0.305. The minimum atomic E-state index is -0.394.